The summed E-state index contributed by atoms with van der Waals surface area (Å²) in [6.45, 7) is 0.119. The van der Waals surface area contributed by atoms with Crippen LogP contribution in [0.2, 0.25) is 0 Å². The molecule has 164 valence electrons. The van der Waals surface area contributed by atoms with Crippen LogP contribution in [-0.4, -0.2) is 39.8 Å². The van der Waals surface area contributed by atoms with Crippen molar-refractivity contribution in [3.63, 3.8) is 0 Å². The molecule has 0 saturated carbocycles. The van der Waals surface area contributed by atoms with Gasteiger partial charge in [0.1, 0.15) is 19.0 Å². The molecule has 0 aliphatic heterocycles. The monoisotopic (exact) mass is 439 g/mol. The van der Waals surface area contributed by atoms with Gasteiger partial charge in [0.25, 0.3) is 0 Å². The first kappa shape index (κ1) is 20.6. The third-order valence-corrected chi connectivity index (χ3v) is 6.00. The molecular weight excluding hydrogens is 418 g/mol. The number of rotatable bonds is 6. The van der Waals surface area contributed by atoms with Gasteiger partial charge in [0.05, 0.1) is 5.52 Å². The molecule has 5 rings (SSSR count). The lowest BCUT2D eigenvalue weighted by atomic mass is 9.98. The Labute approximate surface area is 190 Å². The lowest BCUT2D eigenvalue weighted by Crippen LogP contribution is -2.43. The zero-order valence-electron chi connectivity index (χ0n) is 17.6. The molecular formula is C26H21N3O4. The molecule has 4 aromatic rings. The highest BCUT2D eigenvalue weighted by molar-refractivity contribution is 5.84. The van der Waals surface area contributed by atoms with E-state index in [4.69, 9.17) is 4.74 Å². The van der Waals surface area contributed by atoms with Crippen molar-refractivity contribution < 1.29 is 19.4 Å². The molecule has 33 heavy (non-hydrogen) atoms. The van der Waals surface area contributed by atoms with Crippen LogP contribution < -0.4 is 5.32 Å². The molecule has 7 heteroatoms. The maximum atomic E-state index is 12.6. The van der Waals surface area contributed by atoms with Crippen molar-refractivity contribution in [2.24, 2.45) is 0 Å². The average Bonchev–Trinajstić information content (AvgIpc) is 3.16. The first-order valence-electron chi connectivity index (χ1n) is 10.6. The predicted molar refractivity (Wildman–Crippen MR) is 123 cm³/mol. The van der Waals surface area contributed by atoms with E-state index in [1.165, 1.54) is 6.33 Å². The molecule has 1 amide bonds. The van der Waals surface area contributed by atoms with E-state index in [2.05, 4.69) is 27.4 Å². The molecule has 0 bridgehead atoms. The van der Waals surface area contributed by atoms with Gasteiger partial charge in [-0.1, -0.05) is 60.7 Å². The number of alkyl carbamates (subject to hydrolysis) is 1. The van der Waals surface area contributed by atoms with Crippen LogP contribution in [0.3, 0.4) is 0 Å². The van der Waals surface area contributed by atoms with Crippen molar-refractivity contribution in [1.82, 2.24) is 15.3 Å². The Morgan fingerprint density at radius 3 is 2.36 bits per heavy atom. The number of carboxylic acid groups (broad SMARTS) is 1. The molecule has 2 N–H and O–H groups in total. The molecule has 0 fully saturated rings. The number of aromatic nitrogens is 2. The first-order chi connectivity index (χ1) is 16.1. The van der Waals surface area contributed by atoms with Gasteiger partial charge in [-0.05, 0) is 33.9 Å². The summed E-state index contributed by atoms with van der Waals surface area (Å²) in [5, 5.41) is 12.9. The number of carbonyl (C=O) groups excluding carboxylic acids is 1. The largest absolute Gasteiger partial charge is 0.480 e. The highest BCUT2D eigenvalue weighted by Crippen LogP contribution is 2.44. The number of carboxylic acids is 1. The zero-order chi connectivity index (χ0) is 22.8. The number of hydrogen-bond acceptors (Lipinski definition) is 5. The van der Waals surface area contributed by atoms with Crippen LogP contribution in [0.5, 0.6) is 0 Å². The van der Waals surface area contributed by atoms with Crippen LogP contribution in [0.4, 0.5) is 4.79 Å². The summed E-state index contributed by atoms with van der Waals surface area (Å²) in [7, 11) is 0. The summed E-state index contributed by atoms with van der Waals surface area (Å²) in [6, 6.07) is 20.4. The number of benzene rings is 3. The van der Waals surface area contributed by atoms with Gasteiger partial charge in [0.15, 0.2) is 0 Å². The van der Waals surface area contributed by atoms with Crippen molar-refractivity contribution in [2.45, 2.75) is 18.4 Å². The third kappa shape index (κ3) is 4.01. The second-order valence-electron chi connectivity index (χ2n) is 7.94. The Morgan fingerprint density at radius 1 is 0.970 bits per heavy atom. The molecule has 1 atom stereocenters. The molecule has 0 spiro atoms. The minimum Gasteiger partial charge on any atom is -0.480 e. The van der Waals surface area contributed by atoms with E-state index in [0.717, 1.165) is 33.2 Å². The van der Waals surface area contributed by atoms with E-state index in [9.17, 15) is 14.7 Å². The fraction of sp³-hybridized carbons (Fsp3) is 0.154. The van der Waals surface area contributed by atoms with Crippen molar-refractivity contribution in [2.75, 3.05) is 6.61 Å². The number of nitrogens with one attached hydrogen (secondary N) is 1. The number of ether oxygens (including phenoxy) is 1. The van der Waals surface area contributed by atoms with Crippen LogP contribution in [0, 0.1) is 0 Å². The van der Waals surface area contributed by atoms with Gasteiger partial charge < -0.3 is 15.2 Å². The molecule has 1 aromatic heterocycles. The van der Waals surface area contributed by atoms with Gasteiger partial charge in [-0.15, -0.1) is 0 Å². The number of nitrogens with zero attached hydrogens (tertiary/aromatic N) is 2. The van der Waals surface area contributed by atoms with Gasteiger partial charge in [-0.3, -0.25) is 0 Å². The predicted octanol–water partition coefficient (Wildman–Crippen LogP) is 4.16. The number of amides is 1. The summed E-state index contributed by atoms with van der Waals surface area (Å²) in [5.41, 5.74) is 5.90. The topological polar surface area (TPSA) is 101 Å². The van der Waals surface area contributed by atoms with Gasteiger partial charge in [-0.2, -0.15) is 0 Å². The van der Waals surface area contributed by atoms with Crippen molar-refractivity contribution in [1.29, 1.82) is 0 Å². The standard InChI is InChI=1S/C26H21N3O4/c30-25(31)24(12-16-6-5-11-23-21(16)13-27-15-28-23)29-26(32)33-14-22-19-9-3-1-7-17(19)18-8-2-4-10-20(18)22/h1-11,13,15,22,24H,12,14H2,(H,29,32)(H,30,31)/t24-/m0/s1. The van der Waals surface area contributed by atoms with E-state index >= 15 is 0 Å². The molecule has 0 unspecified atom stereocenters. The smallest absolute Gasteiger partial charge is 0.407 e. The van der Waals surface area contributed by atoms with Crippen LogP contribution in [0.15, 0.2) is 79.3 Å². The van der Waals surface area contributed by atoms with Crippen LogP contribution in [0.1, 0.15) is 22.6 Å². The van der Waals surface area contributed by atoms with E-state index < -0.39 is 18.1 Å². The van der Waals surface area contributed by atoms with Crippen molar-refractivity contribution >= 4 is 23.0 Å². The highest BCUT2D eigenvalue weighted by Gasteiger charge is 2.30. The Kier molecular flexibility index (Phi) is 5.44. The van der Waals surface area contributed by atoms with Crippen molar-refractivity contribution in [3.8, 4) is 11.1 Å². The number of hydrogen-bond donors (Lipinski definition) is 2. The molecule has 1 aliphatic carbocycles. The van der Waals surface area contributed by atoms with Crippen LogP contribution >= 0.6 is 0 Å². The van der Waals surface area contributed by atoms with Crippen molar-refractivity contribution in [3.05, 3.63) is 95.9 Å². The van der Waals surface area contributed by atoms with Gasteiger partial charge >= 0.3 is 12.1 Å². The van der Waals surface area contributed by atoms with Gasteiger partial charge in [0.2, 0.25) is 0 Å². The third-order valence-electron chi connectivity index (χ3n) is 6.00. The zero-order valence-corrected chi connectivity index (χ0v) is 17.6. The normalized spacial score (nSPS) is 13.2. The molecule has 3 aromatic carbocycles. The minimum atomic E-state index is -1.15. The summed E-state index contributed by atoms with van der Waals surface area (Å²) < 4.78 is 5.51. The van der Waals surface area contributed by atoms with Crippen LogP contribution in [-0.2, 0) is 16.0 Å². The summed E-state index contributed by atoms with van der Waals surface area (Å²) in [4.78, 5) is 32.7. The highest BCUT2D eigenvalue weighted by atomic mass is 16.5. The van der Waals surface area contributed by atoms with E-state index in [1.54, 1.807) is 18.3 Å². The second-order valence-corrected chi connectivity index (χ2v) is 7.94. The van der Waals surface area contributed by atoms with Gasteiger partial charge in [0, 0.05) is 23.9 Å². The van der Waals surface area contributed by atoms with E-state index in [1.807, 2.05) is 42.5 Å². The lowest BCUT2D eigenvalue weighted by Gasteiger charge is -2.18. The SMILES string of the molecule is O=C(N[C@@H](Cc1cccc2ncncc12)C(=O)O)OCC1c2ccccc2-c2ccccc21. The second kappa shape index (κ2) is 8.70. The fourth-order valence-electron chi connectivity index (χ4n) is 4.44. The van der Waals surface area contributed by atoms with Gasteiger partial charge in [-0.25, -0.2) is 19.6 Å². The Balaban J connectivity index is 1.29. The fourth-order valence-corrected chi connectivity index (χ4v) is 4.44. The van der Waals surface area contributed by atoms with E-state index in [-0.39, 0.29) is 18.9 Å². The maximum Gasteiger partial charge on any atom is 0.407 e. The number of fused-ring (bicyclic) bond motifs is 4. The molecule has 0 radical (unpaired) electrons. The van der Waals surface area contributed by atoms with E-state index in [0.29, 0.717) is 5.52 Å². The first-order valence-corrected chi connectivity index (χ1v) is 10.6. The lowest BCUT2D eigenvalue weighted by molar-refractivity contribution is -0.139. The Bertz CT molecular complexity index is 1300. The summed E-state index contributed by atoms with van der Waals surface area (Å²) in [5.74, 6) is -1.24. The molecule has 0 saturated heterocycles. The maximum absolute atomic E-state index is 12.6. The van der Waals surface area contributed by atoms with Crippen LogP contribution in [0.25, 0.3) is 22.0 Å². The number of carbonyl (C=O) groups is 2. The minimum absolute atomic E-state index is 0.0875. The Morgan fingerprint density at radius 2 is 1.67 bits per heavy atom. The average molecular weight is 439 g/mol. The summed E-state index contributed by atoms with van der Waals surface area (Å²) in [6.07, 6.45) is 2.41. The Hall–Kier alpha value is -4.26. The molecule has 1 heterocycles. The molecule has 7 nitrogen and oxygen atoms in total. The summed E-state index contributed by atoms with van der Waals surface area (Å²) >= 11 is 0. The molecule has 1 aliphatic rings. The number of aliphatic carboxylic acids is 1. The quantitative estimate of drug-likeness (QED) is 0.468.